The average molecular weight is 335 g/mol. The molecule has 1 aliphatic carbocycles. The number of amides is 1. The number of hydrogen-bond donors (Lipinski definition) is 1. The molecule has 2 atom stereocenters. The van der Waals surface area contributed by atoms with Crippen molar-refractivity contribution in [1.82, 2.24) is 5.43 Å². The van der Waals surface area contributed by atoms with Gasteiger partial charge in [0.05, 0.1) is 11.6 Å². The number of esters is 1. The quantitative estimate of drug-likeness (QED) is 0.525. The number of rotatable bonds is 3. The number of fused-ring (bicyclic) bond motifs is 2. The molecule has 2 fully saturated rings. The van der Waals surface area contributed by atoms with Gasteiger partial charge in [-0.3, -0.25) is 9.59 Å². The fourth-order valence-electron chi connectivity index (χ4n) is 3.55. The van der Waals surface area contributed by atoms with Gasteiger partial charge in [-0.25, -0.2) is 5.43 Å². The smallest absolute Gasteiger partial charge is 0.313 e. The lowest BCUT2D eigenvalue weighted by Crippen LogP contribution is -2.52. The van der Waals surface area contributed by atoms with Crippen LogP contribution in [0.3, 0.4) is 0 Å². The van der Waals surface area contributed by atoms with Crippen LogP contribution in [0.15, 0.2) is 29.4 Å². The molecule has 1 aromatic carbocycles. The van der Waals surface area contributed by atoms with Crippen LogP contribution >= 0.6 is 11.6 Å². The number of nitrogens with zero attached hydrogens (tertiary/aromatic N) is 1. The van der Waals surface area contributed by atoms with E-state index in [0.29, 0.717) is 17.9 Å². The third kappa shape index (κ3) is 2.10. The molecular formula is C17H19ClN2O3. The summed E-state index contributed by atoms with van der Waals surface area (Å²) in [5.74, 6) is -0.673. The van der Waals surface area contributed by atoms with E-state index in [-0.39, 0.29) is 11.9 Å². The fourth-order valence-corrected chi connectivity index (χ4v) is 3.68. The first kappa shape index (κ1) is 16.0. The van der Waals surface area contributed by atoms with Crippen LogP contribution in [0, 0.1) is 10.8 Å². The highest BCUT2D eigenvalue weighted by Gasteiger charge is 2.75. The molecule has 1 saturated heterocycles. The zero-order chi connectivity index (χ0) is 16.9. The van der Waals surface area contributed by atoms with Crippen molar-refractivity contribution in [1.29, 1.82) is 0 Å². The first-order valence-corrected chi connectivity index (χ1v) is 7.93. The summed E-state index contributed by atoms with van der Waals surface area (Å²) in [7, 11) is 0. The van der Waals surface area contributed by atoms with E-state index in [1.165, 1.54) is 6.21 Å². The summed E-state index contributed by atoms with van der Waals surface area (Å²) in [6.07, 6.45) is 2.69. The molecule has 0 radical (unpaired) electrons. The van der Waals surface area contributed by atoms with Crippen LogP contribution in [0.4, 0.5) is 0 Å². The zero-order valence-corrected chi connectivity index (χ0v) is 14.1. The molecule has 5 nitrogen and oxygen atoms in total. The molecule has 1 aliphatic heterocycles. The lowest BCUT2D eigenvalue weighted by molar-refractivity contribution is -0.168. The number of nitrogens with one attached hydrogen (secondary N) is 1. The highest BCUT2D eigenvalue weighted by Crippen LogP contribution is 2.65. The van der Waals surface area contributed by atoms with E-state index in [1.807, 2.05) is 20.8 Å². The van der Waals surface area contributed by atoms with E-state index < -0.39 is 16.4 Å². The van der Waals surface area contributed by atoms with Gasteiger partial charge in [-0.1, -0.05) is 37.6 Å². The summed E-state index contributed by atoms with van der Waals surface area (Å²) < 4.78 is 5.50. The molecule has 1 heterocycles. The van der Waals surface area contributed by atoms with Gasteiger partial charge >= 0.3 is 5.97 Å². The van der Waals surface area contributed by atoms with E-state index in [0.717, 1.165) is 5.56 Å². The summed E-state index contributed by atoms with van der Waals surface area (Å²) in [6.45, 7) is 5.69. The van der Waals surface area contributed by atoms with Crippen LogP contribution in [0.5, 0.6) is 0 Å². The summed E-state index contributed by atoms with van der Waals surface area (Å²) in [4.78, 5) is 24.8. The third-order valence-corrected chi connectivity index (χ3v) is 5.95. The Labute approximate surface area is 140 Å². The number of carbonyl (C=O) groups excluding carboxylic acids is 2. The average Bonchev–Trinajstić information content (AvgIpc) is 2.79. The third-order valence-electron chi connectivity index (χ3n) is 5.70. The second-order valence-corrected chi connectivity index (χ2v) is 7.36. The second kappa shape index (κ2) is 5.06. The van der Waals surface area contributed by atoms with Crippen molar-refractivity contribution in [2.24, 2.45) is 15.9 Å². The molecule has 1 saturated carbocycles. The minimum absolute atomic E-state index is 0.300. The standard InChI is InChI=1S/C17H19ClN2O3/c1-15(2)16(3)8-9-17(15,23-14(16)22)13(21)20-19-10-11-4-6-12(18)7-5-11/h4-7,10H,8-9H2,1-3H3,(H,20,21). The summed E-state index contributed by atoms with van der Waals surface area (Å²) in [5.41, 5.74) is 0.995. The van der Waals surface area contributed by atoms with Crippen LogP contribution in [0.1, 0.15) is 39.2 Å². The fraction of sp³-hybridized carbons (Fsp3) is 0.471. The largest absolute Gasteiger partial charge is 0.448 e. The first-order valence-electron chi connectivity index (χ1n) is 7.55. The van der Waals surface area contributed by atoms with Crippen LogP contribution in [0.25, 0.3) is 0 Å². The van der Waals surface area contributed by atoms with Gasteiger partial charge < -0.3 is 4.74 Å². The Morgan fingerprint density at radius 3 is 2.43 bits per heavy atom. The van der Waals surface area contributed by atoms with Gasteiger partial charge in [0, 0.05) is 10.4 Å². The van der Waals surface area contributed by atoms with Crippen LogP contribution in [-0.2, 0) is 14.3 Å². The van der Waals surface area contributed by atoms with Crippen molar-refractivity contribution >= 4 is 29.7 Å². The van der Waals surface area contributed by atoms with E-state index >= 15 is 0 Å². The molecular weight excluding hydrogens is 316 g/mol. The maximum Gasteiger partial charge on any atom is 0.313 e. The predicted molar refractivity (Wildman–Crippen MR) is 87.1 cm³/mol. The van der Waals surface area contributed by atoms with Gasteiger partial charge in [0.2, 0.25) is 0 Å². The van der Waals surface area contributed by atoms with Crippen molar-refractivity contribution in [3.05, 3.63) is 34.9 Å². The Balaban J connectivity index is 1.76. The number of ether oxygens (including phenoxy) is 1. The summed E-state index contributed by atoms with van der Waals surface area (Å²) in [6, 6.07) is 7.08. The van der Waals surface area contributed by atoms with Gasteiger partial charge in [-0.05, 0) is 37.5 Å². The van der Waals surface area contributed by atoms with E-state index in [2.05, 4.69) is 10.5 Å². The maximum absolute atomic E-state index is 12.6. The lowest BCUT2D eigenvalue weighted by Gasteiger charge is -2.34. The molecule has 0 spiro atoms. The van der Waals surface area contributed by atoms with Gasteiger partial charge in [0.1, 0.15) is 0 Å². The SMILES string of the molecule is CC12CCC(C(=O)NN=Cc3ccc(Cl)cc3)(OC1=O)C2(C)C. The zero-order valence-electron chi connectivity index (χ0n) is 13.4. The van der Waals surface area contributed by atoms with Gasteiger partial charge in [0.15, 0.2) is 5.60 Å². The van der Waals surface area contributed by atoms with Crippen molar-refractivity contribution in [3.63, 3.8) is 0 Å². The Hall–Kier alpha value is -1.88. The van der Waals surface area contributed by atoms with Gasteiger partial charge in [0.25, 0.3) is 5.91 Å². The Morgan fingerprint density at radius 2 is 1.91 bits per heavy atom. The second-order valence-electron chi connectivity index (χ2n) is 6.92. The maximum atomic E-state index is 12.6. The van der Waals surface area contributed by atoms with Crippen LogP contribution in [-0.4, -0.2) is 23.7 Å². The van der Waals surface area contributed by atoms with Crippen molar-refractivity contribution in [3.8, 4) is 0 Å². The topological polar surface area (TPSA) is 67.8 Å². The van der Waals surface area contributed by atoms with Gasteiger partial charge in [-0.15, -0.1) is 0 Å². The minimum atomic E-state index is -1.14. The minimum Gasteiger partial charge on any atom is -0.448 e. The number of carbonyl (C=O) groups is 2. The summed E-state index contributed by atoms with van der Waals surface area (Å²) >= 11 is 5.82. The Bertz CT molecular complexity index is 698. The molecule has 1 N–H and O–H groups in total. The molecule has 2 bridgehead atoms. The van der Waals surface area contributed by atoms with E-state index in [9.17, 15) is 9.59 Å². The highest BCUT2D eigenvalue weighted by atomic mass is 35.5. The van der Waals surface area contributed by atoms with Crippen molar-refractivity contribution in [2.75, 3.05) is 0 Å². The molecule has 2 unspecified atom stereocenters. The number of benzene rings is 1. The molecule has 0 aromatic heterocycles. The highest BCUT2D eigenvalue weighted by molar-refractivity contribution is 6.30. The monoisotopic (exact) mass is 334 g/mol. The molecule has 3 rings (SSSR count). The summed E-state index contributed by atoms with van der Waals surface area (Å²) in [5, 5.41) is 4.62. The van der Waals surface area contributed by atoms with Crippen molar-refractivity contribution in [2.45, 2.75) is 39.2 Å². The van der Waals surface area contributed by atoms with E-state index in [4.69, 9.17) is 16.3 Å². The number of halogens is 1. The van der Waals surface area contributed by atoms with Crippen LogP contribution < -0.4 is 5.43 Å². The molecule has 1 amide bonds. The normalized spacial score (nSPS) is 31.4. The van der Waals surface area contributed by atoms with Crippen LogP contribution in [0.2, 0.25) is 5.02 Å². The number of hydrazone groups is 1. The molecule has 6 heteroatoms. The predicted octanol–water partition coefficient (Wildman–Crippen LogP) is 2.91. The molecule has 2 aliphatic rings. The Morgan fingerprint density at radius 1 is 1.26 bits per heavy atom. The lowest BCUT2D eigenvalue weighted by atomic mass is 9.66. The molecule has 122 valence electrons. The molecule has 23 heavy (non-hydrogen) atoms. The first-order chi connectivity index (χ1) is 10.7. The van der Waals surface area contributed by atoms with E-state index in [1.54, 1.807) is 24.3 Å². The Kier molecular flexibility index (Phi) is 3.52. The van der Waals surface area contributed by atoms with Gasteiger partial charge in [-0.2, -0.15) is 5.10 Å². The van der Waals surface area contributed by atoms with Crippen molar-refractivity contribution < 1.29 is 14.3 Å². The number of hydrogen-bond acceptors (Lipinski definition) is 4. The molecule has 1 aromatic rings.